The minimum Gasteiger partial charge on any atom is -0.455 e. The number of amides is 2. The summed E-state index contributed by atoms with van der Waals surface area (Å²) in [7, 11) is 1.45. The molecule has 2 N–H and O–H groups in total. The maximum atomic E-state index is 11.5. The van der Waals surface area contributed by atoms with Crippen LogP contribution in [0.15, 0.2) is 10.6 Å². The Balaban J connectivity index is 2.15. The molecule has 0 spiro atoms. The number of carbonyl (C=O) groups is 3. The molecule has 0 radical (unpaired) electrons. The maximum Gasteiger partial charge on any atom is 0.316 e. The van der Waals surface area contributed by atoms with Crippen molar-refractivity contribution in [3.63, 3.8) is 0 Å². The van der Waals surface area contributed by atoms with Crippen LogP contribution in [-0.4, -0.2) is 48.1 Å². The average molecular weight is 301 g/mol. The van der Waals surface area contributed by atoms with Gasteiger partial charge in [-0.25, -0.2) is 0 Å². The Kier molecular flexibility index (Phi) is 6.57. The van der Waals surface area contributed by atoms with E-state index in [1.165, 1.54) is 7.05 Å². The number of hydrogen-bond donors (Lipinski definition) is 2. The summed E-state index contributed by atoms with van der Waals surface area (Å²) >= 11 is 1.08. The van der Waals surface area contributed by atoms with Crippen LogP contribution in [0.3, 0.4) is 0 Å². The first-order valence-electron chi connectivity index (χ1n) is 5.68. The zero-order chi connectivity index (χ0) is 15.0. The second-order valence-electron chi connectivity index (χ2n) is 3.70. The van der Waals surface area contributed by atoms with Crippen LogP contribution in [0.4, 0.5) is 5.82 Å². The van der Waals surface area contributed by atoms with Crippen LogP contribution in [0.1, 0.15) is 5.76 Å². The van der Waals surface area contributed by atoms with Gasteiger partial charge in [-0.05, 0) is 6.92 Å². The Morgan fingerprint density at radius 2 is 2.10 bits per heavy atom. The van der Waals surface area contributed by atoms with Crippen molar-refractivity contribution in [1.82, 2.24) is 10.5 Å². The molecule has 9 heteroatoms. The first-order valence-corrected chi connectivity index (χ1v) is 6.84. The van der Waals surface area contributed by atoms with Crippen LogP contribution in [0.2, 0.25) is 0 Å². The van der Waals surface area contributed by atoms with E-state index in [1.807, 2.05) is 0 Å². The SMILES string of the molecule is CNC(=O)COC(=O)CSCC(=O)Nc1cc(C)on1. The van der Waals surface area contributed by atoms with Crippen LogP contribution in [0, 0.1) is 6.92 Å². The molecule has 0 bridgehead atoms. The number of hydrogen-bond acceptors (Lipinski definition) is 7. The highest BCUT2D eigenvalue weighted by Crippen LogP contribution is 2.08. The van der Waals surface area contributed by atoms with E-state index in [1.54, 1.807) is 13.0 Å². The van der Waals surface area contributed by atoms with Crippen molar-refractivity contribution in [3.8, 4) is 0 Å². The Bertz CT molecular complexity index is 488. The summed E-state index contributed by atoms with van der Waals surface area (Å²) in [6, 6.07) is 1.58. The van der Waals surface area contributed by atoms with Gasteiger partial charge in [0.05, 0.1) is 11.5 Å². The molecule has 2 amide bonds. The topological polar surface area (TPSA) is 111 Å². The molecule has 110 valence electrons. The highest BCUT2D eigenvalue weighted by Gasteiger charge is 2.10. The number of carbonyl (C=O) groups excluding carboxylic acids is 3. The van der Waals surface area contributed by atoms with E-state index in [-0.39, 0.29) is 29.9 Å². The first kappa shape index (κ1) is 16.0. The Hall–Kier alpha value is -2.03. The number of aryl methyl sites for hydroxylation is 1. The molecule has 0 aliphatic rings. The van der Waals surface area contributed by atoms with Crippen LogP contribution in [-0.2, 0) is 19.1 Å². The summed E-state index contributed by atoms with van der Waals surface area (Å²) in [4.78, 5) is 33.5. The van der Waals surface area contributed by atoms with Gasteiger partial charge in [-0.1, -0.05) is 5.16 Å². The van der Waals surface area contributed by atoms with E-state index in [4.69, 9.17) is 4.52 Å². The van der Waals surface area contributed by atoms with Gasteiger partial charge in [0.25, 0.3) is 5.91 Å². The molecule has 0 aliphatic carbocycles. The highest BCUT2D eigenvalue weighted by atomic mass is 32.2. The van der Waals surface area contributed by atoms with E-state index in [2.05, 4.69) is 20.5 Å². The Labute approximate surface area is 119 Å². The Morgan fingerprint density at radius 3 is 2.70 bits per heavy atom. The first-order chi connectivity index (χ1) is 9.51. The third-order valence-electron chi connectivity index (χ3n) is 1.99. The fraction of sp³-hybridized carbons (Fsp3) is 0.455. The molecule has 1 rings (SSSR count). The molecule has 1 heterocycles. The van der Waals surface area contributed by atoms with Gasteiger partial charge in [-0.3, -0.25) is 14.4 Å². The van der Waals surface area contributed by atoms with Crippen LogP contribution in [0.5, 0.6) is 0 Å². The van der Waals surface area contributed by atoms with E-state index in [0.717, 1.165) is 11.8 Å². The normalized spacial score (nSPS) is 9.90. The molecule has 8 nitrogen and oxygen atoms in total. The lowest BCUT2D eigenvalue weighted by molar-refractivity contribution is -0.145. The lowest BCUT2D eigenvalue weighted by Crippen LogP contribution is -2.25. The van der Waals surface area contributed by atoms with Gasteiger partial charge in [-0.2, -0.15) is 0 Å². The van der Waals surface area contributed by atoms with Crippen molar-refractivity contribution >= 4 is 35.4 Å². The number of anilines is 1. The molecule has 0 fully saturated rings. The predicted octanol–water partition coefficient (Wildman–Crippen LogP) is -0.0561. The van der Waals surface area contributed by atoms with Crippen LogP contribution >= 0.6 is 11.8 Å². The quantitative estimate of drug-likeness (QED) is 0.679. The highest BCUT2D eigenvalue weighted by molar-refractivity contribution is 8.00. The predicted molar refractivity (Wildman–Crippen MR) is 72.2 cm³/mol. The molecule has 0 aromatic carbocycles. The Morgan fingerprint density at radius 1 is 1.35 bits per heavy atom. The number of thioether (sulfide) groups is 1. The van der Waals surface area contributed by atoms with Crippen molar-refractivity contribution in [2.24, 2.45) is 0 Å². The number of esters is 1. The summed E-state index contributed by atoms with van der Waals surface area (Å²) in [5, 5.41) is 8.44. The molecule has 0 unspecified atom stereocenters. The van der Waals surface area contributed by atoms with Gasteiger partial charge < -0.3 is 19.9 Å². The average Bonchev–Trinajstić information content (AvgIpc) is 2.81. The molecule has 1 aromatic heterocycles. The number of nitrogens with one attached hydrogen (secondary N) is 2. The summed E-state index contributed by atoms with van der Waals surface area (Å²) in [5.74, 6) is -0.266. The van der Waals surface area contributed by atoms with Gasteiger partial charge in [0, 0.05) is 13.1 Å². The zero-order valence-corrected chi connectivity index (χ0v) is 11.9. The van der Waals surface area contributed by atoms with Crippen molar-refractivity contribution in [3.05, 3.63) is 11.8 Å². The molecule has 0 aliphatic heterocycles. The zero-order valence-electron chi connectivity index (χ0n) is 11.1. The van der Waals surface area contributed by atoms with E-state index >= 15 is 0 Å². The summed E-state index contributed by atoms with van der Waals surface area (Å²) in [6.07, 6.45) is 0. The molecule has 0 saturated carbocycles. The number of likely N-dealkylation sites (N-methyl/N-ethyl adjacent to an activating group) is 1. The van der Waals surface area contributed by atoms with Crippen molar-refractivity contribution < 1.29 is 23.6 Å². The lowest BCUT2D eigenvalue weighted by Gasteiger charge is -2.03. The second-order valence-corrected chi connectivity index (χ2v) is 4.68. The third-order valence-corrected chi connectivity index (χ3v) is 2.90. The molecular formula is C11H15N3O5S. The van der Waals surface area contributed by atoms with Crippen LogP contribution < -0.4 is 10.6 Å². The van der Waals surface area contributed by atoms with Crippen molar-refractivity contribution in [2.45, 2.75) is 6.92 Å². The van der Waals surface area contributed by atoms with Crippen molar-refractivity contribution in [1.29, 1.82) is 0 Å². The van der Waals surface area contributed by atoms with E-state index in [9.17, 15) is 14.4 Å². The largest absolute Gasteiger partial charge is 0.455 e. The lowest BCUT2D eigenvalue weighted by atomic mass is 10.5. The smallest absolute Gasteiger partial charge is 0.316 e. The van der Waals surface area contributed by atoms with E-state index in [0.29, 0.717) is 11.6 Å². The van der Waals surface area contributed by atoms with Gasteiger partial charge in [0.2, 0.25) is 5.91 Å². The van der Waals surface area contributed by atoms with Crippen molar-refractivity contribution in [2.75, 3.05) is 30.5 Å². The van der Waals surface area contributed by atoms with Gasteiger partial charge >= 0.3 is 5.97 Å². The number of aromatic nitrogens is 1. The minimum atomic E-state index is -0.552. The van der Waals surface area contributed by atoms with Gasteiger partial charge in [0.15, 0.2) is 12.4 Å². The molecular weight excluding hydrogens is 286 g/mol. The molecule has 1 aromatic rings. The summed E-state index contributed by atoms with van der Waals surface area (Å²) in [6.45, 7) is 1.39. The monoisotopic (exact) mass is 301 g/mol. The minimum absolute atomic E-state index is 0.0116. The number of nitrogens with zero attached hydrogens (tertiary/aromatic N) is 1. The van der Waals surface area contributed by atoms with E-state index < -0.39 is 5.97 Å². The maximum absolute atomic E-state index is 11.5. The fourth-order valence-electron chi connectivity index (χ4n) is 1.09. The second kappa shape index (κ2) is 8.20. The standard InChI is InChI=1S/C11H15N3O5S/c1-7-3-8(14-19-7)13-10(16)5-20-6-11(17)18-4-9(15)12-2/h3H,4-6H2,1-2H3,(H,12,15)(H,13,14,16). The summed E-state index contributed by atoms with van der Waals surface area (Å²) in [5.41, 5.74) is 0. The molecule has 0 saturated heterocycles. The third kappa shape index (κ3) is 6.23. The molecule has 20 heavy (non-hydrogen) atoms. The summed E-state index contributed by atoms with van der Waals surface area (Å²) < 4.78 is 9.46. The van der Waals surface area contributed by atoms with Crippen LogP contribution in [0.25, 0.3) is 0 Å². The number of rotatable bonds is 7. The number of ether oxygens (including phenoxy) is 1. The van der Waals surface area contributed by atoms with Gasteiger partial charge in [0.1, 0.15) is 5.76 Å². The fourth-order valence-corrected chi connectivity index (χ4v) is 1.70. The van der Waals surface area contributed by atoms with Gasteiger partial charge in [-0.15, -0.1) is 11.8 Å². The molecule has 0 atom stereocenters.